The van der Waals surface area contributed by atoms with E-state index in [-0.39, 0.29) is 10.6 Å². The van der Waals surface area contributed by atoms with Gasteiger partial charge in [-0.1, -0.05) is 15.9 Å². The number of rotatable bonds is 6. The van der Waals surface area contributed by atoms with Gasteiger partial charge in [-0.2, -0.15) is 0 Å². The van der Waals surface area contributed by atoms with Crippen LogP contribution >= 0.6 is 15.9 Å². The maximum Gasteiger partial charge on any atom is 0.273 e. The number of hydrogen-bond acceptors (Lipinski definition) is 4. The lowest BCUT2D eigenvalue weighted by Gasteiger charge is -2.22. The lowest BCUT2D eigenvalue weighted by molar-refractivity contribution is -0.385. The van der Waals surface area contributed by atoms with Crippen LogP contribution in [0.25, 0.3) is 0 Å². The molecule has 1 aromatic carbocycles. The van der Waals surface area contributed by atoms with Crippen molar-refractivity contribution in [1.29, 1.82) is 0 Å². The van der Waals surface area contributed by atoms with E-state index < -0.39 is 0 Å². The van der Waals surface area contributed by atoms with Crippen molar-refractivity contribution in [3.05, 3.63) is 38.3 Å². The molecular weight excluding hydrogens is 324 g/mol. The van der Waals surface area contributed by atoms with Gasteiger partial charge in [0.1, 0.15) is 0 Å². The summed E-state index contributed by atoms with van der Waals surface area (Å²) >= 11 is 3.35. The SMILES string of the molecule is O=[N+]([O-])c1ccc(Br)cc1CNCCC1CCCCO1. The number of nitrogens with zero attached hydrogens (tertiary/aromatic N) is 1. The Hall–Kier alpha value is -0.980. The summed E-state index contributed by atoms with van der Waals surface area (Å²) in [5.41, 5.74) is 0.864. The predicted octanol–water partition coefficient (Wildman–Crippen LogP) is 3.41. The molecule has 5 nitrogen and oxygen atoms in total. The van der Waals surface area contributed by atoms with E-state index in [1.807, 2.05) is 0 Å². The van der Waals surface area contributed by atoms with E-state index in [9.17, 15) is 10.1 Å². The van der Waals surface area contributed by atoms with Crippen LogP contribution in [0.3, 0.4) is 0 Å². The van der Waals surface area contributed by atoms with Gasteiger partial charge in [0.25, 0.3) is 5.69 Å². The van der Waals surface area contributed by atoms with Crippen molar-refractivity contribution in [3.8, 4) is 0 Å². The Balaban J connectivity index is 1.81. The third-order valence-corrected chi connectivity index (χ3v) is 3.96. The van der Waals surface area contributed by atoms with Crippen LogP contribution < -0.4 is 5.32 Å². The zero-order valence-corrected chi connectivity index (χ0v) is 12.9. The van der Waals surface area contributed by atoms with Gasteiger partial charge >= 0.3 is 0 Å². The molecular formula is C14H19BrN2O3. The maximum atomic E-state index is 11.0. The fourth-order valence-corrected chi connectivity index (χ4v) is 2.80. The van der Waals surface area contributed by atoms with Crippen LogP contribution in [-0.2, 0) is 11.3 Å². The summed E-state index contributed by atoms with van der Waals surface area (Å²) in [6, 6.07) is 5.02. The van der Waals surface area contributed by atoms with Crippen molar-refractivity contribution in [1.82, 2.24) is 5.32 Å². The maximum absolute atomic E-state index is 11.0. The van der Waals surface area contributed by atoms with Crippen molar-refractivity contribution in [3.63, 3.8) is 0 Å². The van der Waals surface area contributed by atoms with Crippen LogP contribution in [0, 0.1) is 10.1 Å². The summed E-state index contributed by atoms with van der Waals surface area (Å²) in [4.78, 5) is 10.6. The predicted molar refractivity (Wildman–Crippen MR) is 80.7 cm³/mol. The second-order valence-corrected chi connectivity index (χ2v) is 5.90. The summed E-state index contributed by atoms with van der Waals surface area (Å²) in [5, 5.41) is 14.2. The molecule has 0 aromatic heterocycles. The minimum atomic E-state index is -0.340. The van der Waals surface area contributed by atoms with Gasteiger partial charge < -0.3 is 10.1 Å². The van der Waals surface area contributed by atoms with Crippen LogP contribution in [-0.4, -0.2) is 24.2 Å². The van der Waals surface area contributed by atoms with E-state index in [1.54, 1.807) is 12.1 Å². The van der Waals surface area contributed by atoms with Crippen LogP contribution in [0.4, 0.5) is 5.69 Å². The minimum Gasteiger partial charge on any atom is -0.378 e. The highest BCUT2D eigenvalue weighted by atomic mass is 79.9. The number of benzene rings is 1. The Labute approximate surface area is 127 Å². The standard InChI is InChI=1S/C14H19BrN2O3/c15-12-4-5-14(17(18)19)11(9-12)10-16-7-6-13-3-1-2-8-20-13/h4-5,9,13,16H,1-3,6-8,10H2. The largest absolute Gasteiger partial charge is 0.378 e. The normalized spacial score (nSPS) is 18.9. The van der Waals surface area contributed by atoms with Crippen LogP contribution in [0.15, 0.2) is 22.7 Å². The molecule has 1 aliphatic heterocycles. The van der Waals surface area contributed by atoms with Gasteiger partial charge in [-0.05, 0) is 44.4 Å². The average molecular weight is 343 g/mol. The molecule has 0 spiro atoms. The van der Waals surface area contributed by atoms with Crippen molar-refractivity contribution in [2.24, 2.45) is 0 Å². The van der Waals surface area contributed by atoms with Crippen molar-refractivity contribution in [2.75, 3.05) is 13.2 Å². The zero-order valence-electron chi connectivity index (χ0n) is 11.3. The fourth-order valence-electron chi connectivity index (χ4n) is 2.39. The van der Waals surface area contributed by atoms with Crippen molar-refractivity contribution >= 4 is 21.6 Å². The van der Waals surface area contributed by atoms with Gasteiger partial charge in [0.2, 0.25) is 0 Å². The zero-order chi connectivity index (χ0) is 14.4. The fraction of sp³-hybridized carbons (Fsp3) is 0.571. The Morgan fingerprint density at radius 3 is 3.00 bits per heavy atom. The van der Waals surface area contributed by atoms with Crippen molar-refractivity contribution < 1.29 is 9.66 Å². The van der Waals surface area contributed by atoms with Crippen LogP contribution in [0.5, 0.6) is 0 Å². The molecule has 2 rings (SSSR count). The molecule has 0 amide bonds. The summed E-state index contributed by atoms with van der Waals surface area (Å²) in [6.45, 7) is 2.18. The molecule has 1 saturated heterocycles. The lowest BCUT2D eigenvalue weighted by Crippen LogP contribution is -2.25. The molecule has 1 aromatic rings. The van der Waals surface area contributed by atoms with Gasteiger partial charge in [-0.15, -0.1) is 0 Å². The Morgan fingerprint density at radius 1 is 1.45 bits per heavy atom. The summed E-state index contributed by atoms with van der Waals surface area (Å²) in [5.74, 6) is 0. The Kier molecular flexibility index (Phi) is 5.94. The molecule has 1 heterocycles. The highest BCUT2D eigenvalue weighted by molar-refractivity contribution is 9.10. The van der Waals surface area contributed by atoms with E-state index >= 15 is 0 Å². The van der Waals surface area contributed by atoms with E-state index in [0.717, 1.165) is 36.9 Å². The molecule has 1 fully saturated rings. The first-order valence-corrected chi connectivity index (χ1v) is 7.71. The summed E-state index contributed by atoms with van der Waals surface area (Å²) in [6.07, 6.45) is 4.82. The average Bonchev–Trinajstić information content (AvgIpc) is 2.44. The first kappa shape index (κ1) is 15.4. The van der Waals surface area contributed by atoms with Gasteiger partial charge in [0.05, 0.1) is 11.0 Å². The minimum absolute atomic E-state index is 0.162. The van der Waals surface area contributed by atoms with Gasteiger partial charge in [0, 0.05) is 29.3 Å². The molecule has 6 heteroatoms. The van der Waals surface area contributed by atoms with Gasteiger partial charge in [-0.3, -0.25) is 10.1 Å². The summed E-state index contributed by atoms with van der Waals surface area (Å²) < 4.78 is 6.51. The number of ether oxygens (including phenoxy) is 1. The van der Waals surface area contributed by atoms with Crippen LogP contribution in [0.2, 0.25) is 0 Å². The highest BCUT2D eigenvalue weighted by Gasteiger charge is 2.15. The first-order chi connectivity index (χ1) is 9.66. The molecule has 20 heavy (non-hydrogen) atoms. The molecule has 1 aliphatic rings. The molecule has 0 radical (unpaired) electrons. The van der Waals surface area contributed by atoms with Gasteiger partial charge in [-0.25, -0.2) is 0 Å². The quantitative estimate of drug-likeness (QED) is 0.488. The van der Waals surface area contributed by atoms with E-state index in [1.165, 1.54) is 12.5 Å². The molecule has 110 valence electrons. The Morgan fingerprint density at radius 2 is 2.30 bits per heavy atom. The van der Waals surface area contributed by atoms with Gasteiger partial charge in [0.15, 0.2) is 0 Å². The Bertz CT molecular complexity index is 462. The molecule has 1 unspecified atom stereocenters. The number of halogens is 1. The number of nitro benzene ring substituents is 1. The number of nitro groups is 1. The monoisotopic (exact) mass is 342 g/mol. The van der Waals surface area contributed by atoms with Crippen LogP contribution in [0.1, 0.15) is 31.2 Å². The highest BCUT2D eigenvalue weighted by Crippen LogP contribution is 2.23. The van der Waals surface area contributed by atoms with Crippen molar-refractivity contribution in [2.45, 2.75) is 38.3 Å². The topological polar surface area (TPSA) is 64.4 Å². The van der Waals surface area contributed by atoms with E-state index in [4.69, 9.17) is 4.74 Å². The molecule has 0 aliphatic carbocycles. The lowest BCUT2D eigenvalue weighted by atomic mass is 10.1. The first-order valence-electron chi connectivity index (χ1n) is 6.92. The molecule has 1 atom stereocenters. The second kappa shape index (κ2) is 7.71. The second-order valence-electron chi connectivity index (χ2n) is 4.98. The summed E-state index contributed by atoms with van der Waals surface area (Å²) in [7, 11) is 0. The number of nitrogens with one attached hydrogen (secondary N) is 1. The third-order valence-electron chi connectivity index (χ3n) is 3.47. The molecule has 0 saturated carbocycles. The third kappa shape index (κ3) is 4.54. The smallest absolute Gasteiger partial charge is 0.273 e. The van der Waals surface area contributed by atoms with E-state index in [0.29, 0.717) is 18.2 Å². The molecule has 1 N–H and O–H groups in total. The van der Waals surface area contributed by atoms with E-state index in [2.05, 4.69) is 21.2 Å². The number of hydrogen-bond donors (Lipinski definition) is 1. The molecule has 0 bridgehead atoms.